The summed E-state index contributed by atoms with van der Waals surface area (Å²) >= 11 is 0. The molecule has 0 heterocycles. The van der Waals surface area contributed by atoms with Crippen molar-refractivity contribution in [1.82, 2.24) is 0 Å². The van der Waals surface area contributed by atoms with Gasteiger partial charge in [0.15, 0.2) is 0 Å². The van der Waals surface area contributed by atoms with E-state index < -0.39 is 0 Å². The highest BCUT2D eigenvalue weighted by Gasteiger charge is 2.43. The van der Waals surface area contributed by atoms with Crippen LogP contribution in [0.4, 0.5) is 0 Å². The third-order valence-electron chi connectivity index (χ3n) is 6.23. The van der Waals surface area contributed by atoms with Crippen LogP contribution in [-0.2, 0) is 0 Å². The highest BCUT2D eigenvalue weighted by molar-refractivity contribution is 5.11. The Balaban J connectivity index is 1.90. The minimum absolute atomic E-state index is 0.647. The van der Waals surface area contributed by atoms with Crippen molar-refractivity contribution in [2.24, 2.45) is 17.3 Å². The zero-order chi connectivity index (χ0) is 13.7. The van der Waals surface area contributed by atoms with Crippen LogP contribution in [0.3, 0.4) is 0 Å². The van der Waals surface area contributed by atoms with E-state index in [2.05, 4.69) is 20.8 Å². The summed E-state index contributed by atoms with van der Waals surface area (Å²) in [6.45, 7) is 7.30. The molecule has 0 aromatic heterocycles. The average molecular weight is 263 g/mol. The molecule has 2 fully saturated rings. The van der Waals surface area contributed by atoms with Crippen molar-refractivity contribution in [2.45, 2.75) is 97.8 Å². The fourth-order valence-corrected chi connectivity index (χ4v) is 4.83. The second-order valence-corrected chi connectivity index (χ2v) is 7.56. The predicted octanol–water partition coefficient (Wildman–Crippen LogP) is 6.55. The Kier molecular flexibility index (Phi) is 5.78. The van der Waals surface area contributed by atoms with Crippen LogP contribution in [0.1, 0.15) is 97.8 Å². The lowest BCUT2D eigenvalue weighted by molar-refractivity contribution is 0.105. The van der Waals surface area contributed by atoms with Gasteiger partial charge >= 0.3 is 0 Å². The van der Waals surface area contributed by atoms with Gasteiger partial charge in [0.05, 0.1) is 0 Å². The van der Waals surface area contributed by atoms with Gasteiger partial charge in [-0.2, -0.15) is 0 Å². The van der Waals surface area contributed by atoms with E-state index in [-0.39, 0.29) is 0 Å². The molecule has 2 aliphatic rings. The van der Waals surface area contributed by atoms with Crippen LogP contribution in [-0.4, -0.2) is 0 Å². The molecule has 0 amide bonds. The molecule has 0 aromatic rings. The summed E-state index contributed by atoms with van der Waals surface area (Å²) in [5, 5.41) is 0. The molecule has 0 unspecified atom stereocenters. The minimum atomic E-state index is 0.647. The molecule has 0 saturated heterocycles. The third kappa shape index (κ3) is 3.56. The topological polar surface area (TPSA) is 0 Å². The number of hydrogen-bond acceptors (Lipinski definition) is 0. The lowest BCUT2D eigenvalue weighted by atomic mass is 9.56. The maximum Gasteiger partial charge on any atom is -0.0176 e. The summed E-state index contributed by atoms with van der Waals surface area (Å²) < 4.78 is 0. The van der Waals surface area contributed by atoms with Gasteiger partial charge in [-0.15, -0.1) is 0 Å². The van der Waals surface area contributed by atoms with E-state index >= 15 is 0 Å². The Hall–Kier alpha value is 0. The van der Waals surface area contributed by atoms with Crippen molar-refractivity contribution >= 4 is 0 Å². The van der Waals surface area contributed by atoms with Crippen molar-refractivity contribution in [3.05, 3.63) is 5.92 Å². The molecule has 0 atom stereocenters. The fraction of sp³-hybridized carbons (Fsp3) is 0.947. The molecule has 0 bridgehead atoms. The maximum absolute atomic E-state index is 2.49. The van der Waals surface area contributed by atoms with E-state index in [1.54, 1.807) is 0 Å². The van der Waals surface area contributed by atoms with Crippen molar-refractivity contribution < 1.29 is 0 Å². The molecule has 19 heavy (non-hydrogen) atoms. The van der Waals surface area contributed by atoms with Crippen LogP contribution in [0.15, 0.2) is 0 Å². The number of rotatable bonds is 5. The van der Waals surface area contributed by atoms with Crippen molar-refractivity contribution in [3.8, 4) is 0 Å². The molecular formula is C19H35. The molecule has 0 aliphatic heterocycles. The third-order valence-corrected chi connectivity index (χ3v) is 6.23. The van der Waals surface area contributed by atoms with E-state index in [1.807, 2.05) is 5.92 Å². The predicted molar refractivity (Wildman–Crippen MR) is 85.1 cm³/mol. The van der Waals surface area contributed by atoms with Gasteiger partial charge in [0, 0.05) is 0 Å². The number of hydrogen-bond donors (Lipinski definition) is 0. The fourth-order valence-electron chi connectivity index (χ4n) is 4.83. The zero-order valence-corrected chi connectivity index (χ0v) is 13.6. The molecule has 2 saturated carbocycles. The first-order valence-corrected chi connectivity index (χ1v) is 9.04. The van der Waals surface area contributed by atoms with E-state index in [0.717, 1.165) is 11.8 Å². The molecule has 0 spiro atoms. The Bertz CT molecular complexity index is 239. The van der Waals surface area contributed by atoms with Crippen molar-refractivity contribution in [2.75, 3.05) is 0 Å². The monoisotopic (exact) mass is 263 g/mol. The van der Waals surface area contributed by atoms with Crippen molar-refractivity contribution in [1.29, 1.82) is 0 Å². The van der Waals surface area contributed by atoms with Crippen LogP contribution in [0.5, 0.6) is 0 Å². The Morgan fingerprint density at radius 2 is 1.68 bits per heavy atom. The first-order valence-electron chi connectivity index (χ1n) is 9.04. The molecule has 0 N–H and O–H groups in total. The van der Waals surface area contributed by atoms with Gasteiger partial charge in [0.25, 0.3) is 0 Å². The molecule has 1 radical (unpaired) electrons. The average Bonchev–Trinajstić information content (AvgIpc) is 2.46. The van der Waals surface area contributed by atoms with Gasteiger partial charge in [-0.05, 0) is 61.7 Å². The highest BCUT2D eigenvalue weighted by Crippen LogP contribution is 2.54. The normalized spacial score (nSPS) is 25.9. The molecule has 2 rings (SSSR count). The zero-order valence-electron chi connectivity index (χ0n) is 13.6. The second-order valence-electron chi connectivity index (χ2n) is 7.56. The highest BCUT2D eigenvalue weighted by atomic mass is 14.5. The van der Waals surface area contributed by atoms with E-state index in [1.165, 1.54) is 77.0 Å². The molecule has 0 aromatic carbocycles. The standard InChI is InChI=1S/C19H35/c1-4-5-9-17-10-12-18(13-11-17)19(16(2)3)14-7-6-8-15-19/h16-17H,4-15H2,1-3H3. The van der Waals surface area contributed by atoms with E-state index in [4.69, 9.17) is 0 Å². The summed E-state index contributed by atoms with van der Waals surface area (Å²) in [5.41, 5.74) is 0.647. The maximum atomic E-state index is 2.49. The first-order chi connectivity index (χ1) is 9.19. The van der Waals surface area contributed by atoms with Crippen LogP contribution >= 0.6 is 0 Å². The number of unbranched alkanes of at least 4 members (excludes halogenated alkanes) is 1. The van der Waals surface area contributed by atoms with Gasteiger partial charge < -0.3 is 0 Å². The van der Waals surface area contributed by atoms with Gasteiger partial charge in [-0.1, -0.05) is 59.3 Å². The molecular weight excluding hydrogens is 228 g/mol. The van der Waals surface area contributed by atoms with E-state index in [0.29, 0.717) is 5.41 Å². The molecule has 0 heteroatoms. The van der Waals surface area contributed by atoms with Crippen LogP contribution in [0.25, 0.3) is 0 Å². The summed E-state index contributed by atoms with van der Waals surface area (Å²) in [5.74, 6) is 3.90. The van der Waals surface area contributed by atoms with Gasteiger partial charge in [-0.3, -0.25) is 0 Å². The van der Waals surface area contributed by atoms with Gasteiger partial charge in [-0.25, -0.2) is 0 Å². The second kappa shape index (κ2) is 7.14. The minimum Gasteiger partial charge on any atom is -0.0654 e. The van der Waals surface area contributed by atoms with Crippen molar-refractivity contribution in [3.63, 3.8) is 0 Å². The van der Waals surface area contributed by atoms with Crippen LogP contribution < -0.4 is 0 Å². The SMILES string of the molecule is CCCCC1CC[C](C2(C(C)C)CCCCC2)CC1. The lowest BCUT2D eigenvalue weighted by Crippen LogP contribution is -2.38. The van der Waals surface area contributed by atoms with E-state index in [9.17, 15) is 0 Å². The Morgan fingerprint density at radius 3 is 2.21 bits per heavy atom. The Labute approximate surface area is 121 Å². The molecule has 2 aliphatic carbocycles. The molecule has 111 valence electrons. The van der Waals surface area contributed by atoms with Gasteiger partial charge in [0.1, 0.15) is 0 Å². The summed E-state index contributed by atoms with van der Waals surface area (Å²) in [6, 6.07) is 0. The largest absolute Gasteiger partial charge is 0.0654 e. The first kappa shape index (κ1) is 15.4. The smallest absolute Gasteiger partial charge is 0.0176 e. The summed E-state index contributed by atoms with van der Waals surface area (Å²) in [6.07, 6.45) is 17.7. The van der Waals surface area contributed by atoms with Crippen LogP contribution in [0.2, 0.25) is 0 Å². The Morgan fingerprint density at radius 1 is 1.05 bits per heavy atom. The molecule has 0 nitrogen and oxygen atoms in total. The quantitative estimate of drug-likeness (QED) is 0.527. The summed E-state index contributed by atoms with van der Waals surface area (Å²) in [7, 11) is 0. The summed E-state index contributed by atoms with van der Waals surface area (Å²) in [4.78, 5) is 0. The lowest BCUT2D eigenvalue weighted by Gasteiger charge is -2.49. The van der Waals surface area contributed by atoms with Gasteiger partial charge in [0.2, 0.25) is 0 Å². The van der Waals surface area contributed by atoms with Crippen LogP contribution in [0, 0.1) is 23.2 Å².